The van der Waals surface area contributed by atoms with Gasteiger partial charge in [0.2, 0.25) is 0 Å². The number of halogens is 1. The summed E-state index contributed by atoms with van der Waals surface area (Å²) in [6.45, 7) is 0. The smallest absolute Gasteiger partial charge is 0.171 e. The normalized spacial score (nSPS) is 28.3. The van der Waals surface area contributed by atoms with E-state index in [1.54, 1.807) is 0 Å². The molecule has 122 valence electrons. The molecule has 3 aliphatic rings. The molecule has 2 heterocycles. The number of hydrogen-bond donors (Lipinski definition) is 2. The number of nitrogens with one attached hydrogen (secondary N) is 1. The van der Waals surface area contributed by atoms with Crippen molar-refractivity contribution in [3.8, 4) is 0 Å². The highest BCUT2D eigenvalue weighted by Gasteiger charge is 2.44. The molecule has 0 aliphatic heterocycles. The third kappa shape index (κ3) is 2.00. The van der Waals surface area contributed by atoms with E-state index in [1.807, 2.05) is 10.7 Å². The summed E-state index contributed by atoms with van der Waals surface area (Å²) in [6.07, 6.45) is 11.6. The molecule has 0 aromatic carbocycles. The monoisotopic (exact) mass is 375 g/mol. The number of hydrogen-bond acceptors (Lipinski definition) is 4. The Morgan fingerprint density at radius 2 is 2.04 bits per heavy atom. The van der Waals surface area contributed by atoms with Crippen molar-refractivity contribution < 1.29 is 0 Å². The van der Waals surface area contributed by atoms with Crippen molar-refractivity contribution in [3.63, 3.8) is 0 Å². The van der Waals surface area contributed by atoms with Crippen molar-refractivity contribution in [3.05, 3.63) is 21.9 Å². The van der Waals surface area contributed by atoms with Crippen LogP contribution in [0, 0.1) is 0 Å². The van der Waals surface area contributed by atoms with Crippen LogP contribution in [0.2, 0.25) is 0 Å². The molecule has 0 bridgehead atoms. The Kier molecular flexibility index (Phi) is 3.05. The van der Waals surface area contributed by atoms with E-state index < -0.39 is 0 Å². The Morgan fingerprint density at radius 1 is 1.26 bits per heavy atom. The minimum absolute atomic E-state index is 0.327. The third-order valence-electron chi connectivity index (χ3n) is 6.13. The predicted octanol–water partition coefficient (Wildman–Crippen LogP) is 3.15. The van der Waals surface area contributed by atoms with Gasteiger partial charge in [-0.15, -0.1) is 0 Å². The molecule has 1 spiro atoms. The maximum absolute atomic E-state index is 5.96. The number of nitrogens with two attached hydrogens (primary N) is 1. The Bertz CT molecular complexity index is 771. The zero-order valence-electron chi connectivity index (χ0n) is 13.2. The van der Waals surface area contributed by atoms with Crippen LogP contribution >= 0.6 is 15.9 Å². The average molecular weight is 376 g/mol. The SMILES string of the molecule is NC1CC(Nc2c3c(nc4c(Br)cnn24)C2(CCCC2)CC3)C1. The lowest BCUT2D eigenvalue weighted by Gasteiger charge is -2.34. The minimum Gasteiger partial charge on any atom is -0.367 e. The van der Waals surface area contributed by atoms with Gasteiger partial charge in [0.25, 0.3) is 0 Å². The van der Waals surface area contributed by atoms with Gasteiger partial charge in [-0.25, -0.2) is 4.98 Å². The van der Waals surface area contributed by atoms with Crippen LogP contribution in [-0.4, -0.2) is 26.7 Å². The van der Waals surface area contributed by atoms with E-state index in [-0.39, 0.29) is 0 Å². The number of rotatable bonds is 2. The molecule has 3 N–H and O–H groups in total. The second-order valence-electron chi connectivity index (χ2n) is 7.58. The highest BCUT2D eigenvalue weighted by atomic mass is 79.9. The highest BCUT2D eigenvalue weighted by Crippen LogP contribution is 2.51. The fraction of sp³-hybridized carbons (Fsp3) is 0.647. The first-order chi connectivity index (χ1) is 11.2. The molecule has 0 amide bonds. The first-order valence-electron chi connectivity index (χ1n) is 8.75. The fourth-order valence-corrected chi connectivity index (χ4v) is 5.17. The minimum atomic E-state index is 0.327. The summed E-state index contributed by atoms with van der Waals surface area (Å²) in [4.78, 5) is 5.07. The number of fused-ring (bicyclic) bond motifs is 3. The van der Waals surface area contributed by atoms with E-state index in [0.717, 1.165) is 35.2 Å². The second-order valence-corrected chi connectivity index (χ2v) is 8.43. The highest BCUT2D eigenvalue weighted by molar-refractivity contribution is 9.10. The van der Waals surface area contributed by atoms with E-state index in [1.165, 1.54) is 43.4 Å². The number of anilines is 1. The molecule has 0 unspecified atom stereocenters. The number of aromatic nitrogens is 3. The van der Waals surface area contributed by atoms with Crippen molar-refractivity contribution in [2.24, 2.45) is 5.73 Å². The van der Waals surface area contributed by atoms with Gasteiger partial charge in [0.05, 0.1) is 16.4 Å². The van der Waals surface area contributed by atoms with Gasteiger partial charge >= 0.3 is 0 Å². The summed E-state index contributed by atoms with van der Waals surface area (Å²) in [7, 11) is 0. The molecule has 0 saturated heterocycles. The van der Waals surface area contributed by atoms with Gasteiger partial charge in [0.1, 0.15) is 5.82 Å². The van der Waals surface area contributed by atoms with E-state index in [9.17, 15) is 0 Å². The summed E-state index contributed by atoms with van der Waals surface area (Å²) < 4.78 is 2.97. The lowest BCUT2D eigenvalue weighted by Crippen LogP contribution is -2.45. The van der Waals surface area contributed by atoms with Crippen molar-refractivity contribution in [2.75, 3.05) is 5.32 Å². The molecular weight excluding hydrogens is 354 g/mol. The van der Waals surface area contributed by atoms with Crippen LogP contribution in [0.3, 0.4) is 0 Å². The van der Waals surface area contributed by atoms with Crippen molar-refractivity contribution in [1.29, 1.82) is 0 Å². The molecule has 2 saturated carbocycles. The van der Waals surface area contributed by atoms with Crippen LogP contribution in [0.5, 0.6) is 0 Å². The van der Waals surface area contributed by atoms with Gasteiger partial charge in [-0.1, -0.05) is 12.8 Å². The van der Waals surface area contributed by atoms with Gasteiger partial charge in [0, 0.05) is 23.1 Å². The Labute approximate surface area is 144 Å². The maximum atomic E-state index is 5.96. The van der Waals surface area contributed by atoms with Crippen LogP contribution in [-0.2, 0) is 11.8 Å². The quantitative estimate of drug-likeness (QED) is 0.845. The molecule has 6 heteroatoms. The van der Waals surface area contributed by atoms with Gasteiger partial charge in [0.15, 0.2) is 5.65 Å². The fourth-order valence-electron chi connectivity index (χ4n) is 4.82. The summed E-state index contributed by atoms with van der Waals surface area (Å²) in [5, 5.41) is 8.29. The maximum Gasteiger partial charge on any atom is 0.171 e. The lowest BCUT2D eigenvalue weighted by molar-refractivity contribution is 0.372. The third-order valence-corrected chi connectivity index (χ3v) is 6.69. The standard InChI is InChI=1S/C17H22BrN5/c18-13-9-20-23-15(21-11-7-10(19)8-11)12-3-6-17(4-1-2-5-17)14(12)22-16(13)23/h9-11,21H,1-8,19H2. The molecule has 2 fully saturated rings. The summed E-state index contributed by atoms with van der Waals surface area (Å²) in [5.74, 6) is 1.16. The first kappa shape index (κ1) is 14.2. The van der Waals surface area contributed by atoms with Crippen LogP contribution < -0.4 is 11.1 Å². The zero-order valence-corrected chi connectivity index (χ0v) is 14.8. The van der Waals surface area contributed by atoms with Gasteiger partial charge in [-0.3, -0.25) is 0 Å². The Balaban J connectivity index is 1.66. The largest absolute Gasteiger partial charge is 0.367 e. The van der Waals surface area contributed by atoms with Crippen LogP contribution in [0.15, 0.2) is 10.7 Å². The molecule has 3 aliphatic carbocycles. The van der Waals surface area contributed by atoms with Gasteiger partial charge in [-0.2, -0.15) is 9.61 Å². The lowest BCUT2D eigenvalue weighted by atomic mass is 9.83. The average Bonchev–Trinajstić information content (AvgIpc) is 3.21. The van der Waals surface area contributed by atoms with Crippen LogP contribution in [0.1, 0.15) is 56.2 Å². The molecule has 2 aromatic rings. The topological polar surface area (TPSA) is 68.2 Å². The van der Waals surface area contributed by atoms with E-state index in [0.29, 0.717) is 17.5 Å². The van der Waals surface area contributed by atoms with E-state index in [2.05, 4.69) is 26.3 Å². The zero-order chi connectivity index (χ0) is 15.6. The van der Waals surface area contributed by atoms with E-state index in [4.69, 9.17) is 10.7 Å². The Morgan fingerprint density at radius 3 is 2.78 bits per heavy atom. The predicted molar refractivity (Wildman–Crippen MR) is 93.8 cm³/mol. The number of nitrogens with zero attached hydrogens (tertiary/aromatic N) is 3. The second kappa shape index (κ2) is 4.93. The van der Waals surface area contributed by atoms with Crippen molar-refractivity contribution in [1.82, 2.24) is 14.6 Å². The molecule has 0 radical (unpaired) electrons. The Hall–Kier alpha value is -1.14. The van der Waals surface area contributed by atoms with Crippen molar-refractivity contribution in [2.45, 2.75) is 68.9 Å². The van der Waals surface area contributed by atoms with Gasteiger partial charge < -0.3 is 11.1 Å². The molecule has 23 heavy (non-hydrogen) atoms. The van der Waals surface area contributed by atoms with E-state index >= 15 is 0 Å². The molecular formula is C17H22BrN5. The summed E-state index contributed by atoms with van der Waals surface area (Å²) in [5.41, 5.74) is 9.98. The molecule has 5 rings (SSSR count). The van der Waals surface area contributed by atoms with Gasteiger partial charge in [-0.05, 0) is 54.5 Å². The molecule has 0 atom stereocenters. The summed E-state index contributed by atoms with van der Waals surface area (Å²) in [6, 6.07) is 0.825. The van der Waals surface area contributed by atoms with Crippen LogP contribution in [0.4, 0.5) is 5.82 Å². The van der Waals surface area contributed by atoms with Crippen molar-refractivity contribution >= 4 is 27.4 Å². The first-order valence-corrected chi connectivity index (χ1v) is 9.54. The molecule has 2 aromatic heterocycles. The summed E-state index contributed by atoms with van der Waals surface area (Å²) >= 11 is 3.62. The van der Waals surface area contributed by atoms with Crippen LogP contribution in [0.25, 0.3) is 5.65 Å². The molecule has 5 nitrogen and oxygen atoms in total.